The van der Waals surface area contributed by atoms with Gasteiger partial charge in [-0.05, 0) is 67.6 Å². The molecule has 0 N–H and O–H groups in total. The molecule has 0 aromatic heterocycles. The Morgan fingerprint density at radius 3 is 1.24 bits per heavy atom. The molecule has 0 rings (SSSR count). The van der Waals surface area contributed by atoms with E-state index in [1.54, 1.807) is 0 Å². The molecule has 25 heavy (non-hydrogen) atoms. The molecule has 0 aliphatic carbocycles. The average Bonchev–Trinajstić information content (AvgIpc) is 2.40. The SMILES string of the molecule is CC(CCOCCCCCOCCC(C)CC(C)(C)C)CC(C)(C)C. The predicted octanol–water partition coefficient (Wildman–Crippen LogP) is 7.11. The van der Waals surface area contributed by atoms with E-state index in [1.807, 2.05) is 0 Å². The number of rotatable bonds is 14. The Kier molecular flexibility index (Phi) is 13.1. The summed E-state index contributed by atoms with van der Waals surface area (Å²) in [6, 6.07) is 0. The Hall–Kier alpha value is -0.0800. The van der Waals surface area contributed by atoms with Crippen LogP contribution in [0.25, 0.3) is 0 Å². The van der Waals surface area contributed by atoms with Crippen LogP contribution in [0.2, 0.25) is 0 Å². The second-order valence-electron chi connectivity index (χ2n) is 10.6. The van der Waals surface area contributed by atoms with Crippen LogP contribution >= 0.6 is 0 Å². The summed E-state index contributed by atoms with van der Waals surface area (Å²) in [5, 5.41) is 0. The lowest BCUT2D eigenvalue weighted by Crippen LogP contribution is -2.13. The Balaban J connectivity index is 3.32. The van der Waals surface area contributed by atoms with Gasteiger partial charge >= 0.3 is 0 Å². The van der Waals surface area contributed by atoms with Gasteiger partial charge in [0.25, 0.3) is 0 Å². The average molecular weight is 357 g/mol. The van der Waals surface area contributed by atoms with Crippen molar-refractivity contribution in [3.63, 3.8) is 0 Å². The molecule has 0 aliphatic heterocycles. The quantitative estimate of drug-likeness (QED) is 0.309. The molecule has 0 aromatic carbocycles. The van der Waals surface area contributed by atoms with E-state index in [1.165, 1.54) is 32.1 Å². The highest BCUT2D eigenvalue weighted by atomic mass is 16.5. The summed E-state index contributed by atoms with van der Waals surface area (Å²) in [5.41, 5.74) is 0.869. The predicted molar refractivity (Wildman–Crippen MR) is 111 cm³/mol. The van der Waals surface area contributed by atoms with Crippen LogP contribution in [-0.4, -0.2) is 26.4 Å². The molecule has 0 radical (unpaired) electrons. The van der Waals surface area contributed by atoms with Gasteiger partial charge < -0.3 is 9.47 Å². The second-order valence-corrected chi connectivity index (χ2v) is 10.6. The highest BCUT2D eigenvalue weighted by molar-refractivity contribution is 4.67. The van der Waals surface area contributed by atoms with Gasteiger partial charge in [-0.2, -0.15) is 0 Å². The van der Waals surface area contributed by atoms with Crippen molar-refractivity contribution in [1.82, 2.24) is 0 Å². The molecule has 2 nitrogen and oxygen atoms in total. The van der Waals surface area contributed by atoms with E-state index in [9.17, 15) is 0 Å². The maximum Gasteiger partial charge on any atom is 0.0468 e. The molecular weight excluding hydrogens is 308 g/mol. The highest BCUT2D eigenvalue weighted by Gasteiger charge is 2.15. The summed E-state index contributed by atoms with van der Waals surface area (Å²) >= 11 is 0. The monoisotopic (exact) mass is 356 g/mol. The van der Waals surface area contributed by atoms with Crippen LogP contribution in [0.5, 0.6) is 0 Å². The zero-order valence-electron chi connectivity index (χ0n) is 18.7. The Labute approximate surface area is 159 Å². The minimum atomic E-state index is 0.434. The van der Waals surface area contributed by atoms with Gasteiger partial charge in [-0.1, -0.05) is 55.4 Å². The largest absolute Gasteiger partial charge is 0.381 e. The molecule has 0 aromatic rings. The lowest BCUT2D eigenvalue weighted by Gasteiger charge is -2.23. The molecule has 0 aliphatic rings. The van der Waals surface area contributed by atoms with Gasteiger partial charge in [-0.15, -0.1) is 0 Å². The summed E-state index contributed by atoms with van der Waals surface area (Å²) in [5.74, 6) is 1.52. The lowest BCUT2D eigenvalue weighted by atomic mass is 9.84. The first-order valence-electron chi connectivity index (χ1n) is 10.6. The molecule has 0 amide bonds. The molecule has 0 spiro atoms. The minimum Gasteiger partial charge on any atom is -0.381 e. The number of hydrogen-bond donors (Lipinski definition) is 0. The first-order chi connectivity index (χ1) is 11.5. The third kappa shape index (κ3) is 20.1. The maximum atomic E-state index is 5.78. The summed E-state index contributed by atoms with van der Waals surface area (Å²) < 4.78 is 11.6. The van der Waals surface area contributed by atoms with Crippen molar-refractivity contribution in [2.75, 3.05) is 26.4 Å². The van der Waals surface area contributed by atoms with Crippen LogP contribution in [0.15, 0.2) is 0 Å². The number of ether oxygens (including phenoxy) is 2. The zero-order valence-corrected chi connectivity index (χ0v) is 18.7. The summed E-state index contributed by atoms with van der Waals surface area (Å²) in [4.78, 5) is 0. The lowest BCUT2D eigenvalue weighted by molar-refractivity contribution is 0.0987. The second kappa shape index (κ2) is 13.1. The van der Waals surface area contributed by atoms with Gasteiger partial charge in [-0.25, -0.2) is 0 Å². The Bertz CT molecular complexity index is 268. The molecule has 0 saturated carbocycles. The first-order valence-corrected chi connectivity index (χ1v) is 10.6. The fourth-order valence-corrected chi connectivity index (χ4v) is 3.65. The Morgan fingerprint density at radius 1 is 0.560 bits per heavy atom. The maximum absolute atomic E-state index is 5.78. The van der Waals surface area contributed by atoms with Crippen molar-refractivity contribution < 1.29 is 9.47 Å². The van der Waals surface area contributed by atoms with E-state index in [4.69, 9.17) is 9.47 Å². The van der Waals surface area contributed by atoms with E-state index in [2.05, 4.69) is 55.4 Å². The molecule has 2 heteroatoms. The van der Waals surface area contributed by atoms with Gasteiger partial charge in [0.15, 0.2) is 0 Å². The molecule has 2 atom stereocenters. The minimum absolute atomic E-state index is 0.434. The van der Waals surface area contributed by atoms with Gasteiger partial charge in [-0.3, -0.25) is 0 Å². The smallest absolute Gasteiger partial charge is 0.0468 e. The Morgan fingerprint density at radius 2 is 0.920 bits per heavy atom. The van der Waals surface area contributed by atoms with Crippen LogP contribution in [0, 0.1) is 22.7 Å². The van der Waals surface area contributed by atoms with Gasteiger partial charge in [0.1, 0.15) is 0 Å². The summed E-state index contributed by atoms with van der Waals surface area (Å²) in [6.07, 6.45) is 8.48. The van der Waals surface area contributed by atoms with Crippen molar-refractivity contribution in [3.8, 4) is 0 Å². The number of unbranched alkanes of at least 4 members (excludes halogenated alkanes) is 2. The molecule has 0 heterocycles. The van der Waals surface area contributed by atoms with Crippen LogP contribution in [0.1, 0.15) is 100 Å². The van der Waals surface area contributed by atoms with E-state index in [0.29, 0.717) is 10.8 Å². The molecule has 2 unspecified atom stereocenters. The molecular formula is C23H48O2. The van der Waals surface area contributed by atoms with E-state index in [0.717, 1.165) is 51.1 Å². The first kappa shape index (κ1) is 24.9. The third-order valence-corrected chi connectivity index (χ3v) is 4.51. The highest BCUT2D eigenvalue weighted by Crippen LogP contribution is 2.26. The van der Waals surface area contributed by atoms with Gasteiger partial charge in [0.2, 0.25) is 0 Å². The van der Waals surface area contributed by atoms with Gasteiger partial charge in [0.05, 0.1) is 0 Å². The normalized spacial score (nSPS) is 15.4. The van der Waals surface area contributed by atoms with Crippen LogP contribution < -0.4 is 0 Å². The van der Waals surface area contributed by atoms with E-state index < -0.39 is 0 Å². The fourth-order valence-electron chi connectivity index (χ4n) is 3.65. The number of hydrogen-bond acceptors (Lipinski definition) is 2. The van der Waals surface area contributed by atoms with Crippen molar-refractivity contribution in [1.29, 1.82) is 0 Å². The van der Waals surface area contributed by atoms with Crippen molar-refractivity contribution in [3.05, 3.63) is 0 Å². The van der Waals surface area contributed by atoms with Crippen molar-refractivity contribution in [2.24, 2.45) is 22.7 Å². The summed E-state index contributed by atoms with van der Waals surface area (Å²) in [7, 11) is 0. The molecule has 0 fully saturated rings. The third-order valence-electron chi connectivity index (χ3n) is 4.51. The van der Waals surface area contributed by atoms with Crippen molar-refractivity contribution in [2.45, 2.75) is 100 Å². The van der Waals surface area contributed by atoms with Crippen molar-refractivity contribution >= 4 is 0 Å². The zero-order chi connectivity index (χ0) is 19.3. The molecule has 0 bridgehead atoms. The van der Waals surface area contributed by atoms with Gasteiger partial charge in [0, 0.05) is 26.4 Å². The van der Waals surface area contributed by atoms with Crippen LogP contribution in [-0.2, 0) is 9.47 Å². The molecule has 0 saturated heterocycles. The standard InChI is InChI=1S/C23H48O2/c1-20(18-22(3,4)5)12-16-24-14-10-9-11-15-25-17-13-21(2)19-23(6,7)8/h20-21H,9-19H2,1-8H3. The summed E-state index contributed by atoms with van der Waals surface area (Å²) in [6.45, 7) is 22.2. The van der Waals surface area contributed by atoms with E-state index in [-0.39, 0.29) is 0 Å². The van der Waals surface area contributed by atoms with E-state index >= 15 is 0 Å². The molecule has 152 valence electrons. The van der Waals surface area contributed by atoms with Crippen LogP contribution in [0.4, 0.5) is 0 Å². The fraction of sp³-hybridized carbons (Fsp3) is 1.00. The van der Waals surface area contributed by atoms with Crippen LogP contribution in [0.3, 0.4) is 0 Å². The topological polar surface area (TPSA) is 18.5 Å².